The van der Waals surface area contributed by atoms with Gasteiger partial charge in [-0.15, -0.1) is 0 Å². The molecule has 2 aromatic rings. The molecule has 0 radical (unpaired) electrons. The first-order valence-corrected chi connectivity index (χ1v) is 16.5. The van der Waals surface area contributed by atoms with Crippen molar-refractivity contribution in [2.45, 2.75) is 102 Å². The molecule has 38 heavy (non-hydrogen) atoms. The van der Waals surface area contributed by atoms with Gasteiger partial charge < -0.3 is 10.2 Å². The van der Waals surface area contributed by atoms with Crippen LogP contribution in [0, 0.1) is 33.5 Å². The van der Waals surface area contributed by atoms with Crippen LogP contribution in [-0.2, 0) is 10.8 Å². The fourth-order valence-electron chi connectivity index (χ4n) is 13.3. The third-order valence-electron chi connectivity index (χ3n) is 12.9. The molecule has 8 aliphatic carbocycles. The minimum absolute atomic E-state index is 0.239. The Morgan fingerprint density at radius 2 is 1.00 bits per heavy atom. The molecule has 8 aliphatic rings. The summed E-state index contributed by atoms with van der Waals surface area (Å²) < 4.78 is 1.70. The lowest BCUT2D eigenvalue weighted by Crippen LogP contribution is -2.68. The fraction of sp³-hybridized carbons (Fsp3) is 0.647. The maximum Gasteiger partial charge on any atom is 0.129 e. The monoisotopic (exact) mass is 638 g/mol. The number of hydrogen-bond donors (Lipinski definition) is 2. The van der Waals surface area contributed by atoms with E-state index < -0.39 is 0 Å². The van der Waals surface area contributed by atoms with Crippen molar-refractivity contribution in [1.82, 2.24) is 0 Å². The van der Waals surface area contributed by atoms with E-state index in [2.05, 4.69) is 70.0 Å². The van der Waals surface area contributed by atoms with E-state index >= 15 is 0 Å². The van der Waals surface area contributed by atoms with Crippen molar-refractivity contribution in [3.8, 4) is 11.5 Å². The Bertz CT molecular complexity index is 1270. The topological polar surface area (TPSA) is 40.5 Å². The van der Waals surface area contributed by atoms with Gasteiger partial charge in [-0.3, -0.25) is 0 Å². The maximum absolute atomic E-state index is 10.3. The van der Waals surface area contributed by atoms with Gasteiger partial charge >= 0.3 is 0 Å². The molecule has 8 unspecified atom stereocenters. The lowest BCUT2D eigenvalue weighted by atomic mass is 9.27. The van der Waals surface area contributed by atoms with E-state index in [1.165, 1.54) is 88.2 Å². The van der Waals surface area contributed by atoms with Gasteiger partial charge in [-0.1, -0.05) is 26.0 Å². The van der Waals surface area contributed by atoms with Crippen LogP contribution in [-0.4, -0.2) is 10.2 Å². The first kappa shape index (κ1) is 24.8. The maximum atomic E-state index is 10.3. The molecule has 8 fully saturated rings. The minimum Gasteiger partial charge on any atom is -0.507 e. The van der Waals surface area contributed by atoms with Crippen molar-refractivity contribution in [3.05, 3.63) is 56.5 Å². The van der Waals surface area contributed by atoms with Gasteiger partial charge in [-0.25, -0.2) is 0 Å². The Balaban J connectivity index is 1.27. The number of phenols is 2. The second kappa shape index (κ2) is 7.44. The minimum atomic E-state index is 0.239. The zero-order valence-electron chi connectivity index (χ0n) is 22.8. The van der Waals surface area contributed by atoms with Gasteiger partial charge in [0.05, 0.1) is 8.95 Å². The van der Waals surface area contributed by atoms with Crippen LogP contribution >= 0.6 is 31.9 Å². The van der Waals surface area contributed by atoms with Crippen LogP contribution in [0.2, 0.25) is 0 Å². The summed E-state index contributed by atoms with van der Waals surface area (Å²) in [5.74, 6) is 2.36. The largest absolute Gasteiger partial charge is 0.507 e. The van der Waals surface area contributed by atoms with Crippen molar-refractivity contribution in [2.24, 2.45) is 33.5 Å². The summed E-state index contributed by atoms with van der Waals surface area (Å²) in [6, 6.07) is 12.9. The highest BCUT2D eigenvalue weighted by molar-refractivity contribution is 9.10. The molecule has 8 bridgehead atoms. The first-order chi connectivity index (χ1) is 17.9. The number of hydrogen-bond acceptors (Lipinski definition) is 2. The Morgan fingerprint density at radius 3 is 1.37 bits per heavy atom. The Hall–Kier alpha value is -1.00. The highest BCUT2D eigenvalue weighted by Crippen LogP contribution is 2.82. The molecule has 8 atom stereocenters. The third kappa shape index (κ3) is 3.23. The SMILES string of the molecule is CC12CC3CC(c4ccc(O)c(Br)c4)(C1)CC(C14CC5CC(C)(CC(c6ccc(O)c(Br)c6)(C5)C1)C4)(C3)C2. The smallest absolute Gasteiger partial charge is 0.129 e. The molecule has 0 amide bonds. The lowest BCUT2D eigenvalue weighted by molar-refractivity contribution is -0.244. The molecule has 2 nitrogen and oxygen atoms in total. The molecule has 202 valence electrons. The van der Waals surface area contributed by atoms with Crippen molar-refractivity contribution in [3.63, 3.8) is 0 Å². The van der Waals surface area contributed by atoms with Gasteiger partial charge in [0.15, 0.2) is 0 Å². The molecule has 0 heterocycles. The molecular weight excluding hydrogens is 600 g/mol. The quantitative estimate of drug-likeness (QED) is 0.351. The van der Waals surface area contributed by atoms with E-state index in [1.54, 1.807) is 0 Å². The molecule has 2 N–H and O–H groups in total. The summed E-state index contributed by atoms with van der Waals surface area (Å²) >= 11 is 7.33. The van der Waals surface area contributed by atoms with E-state index in [0.29, 0.717) is 33.2 Å². The number of benzene rings is 2. The van der Waals surface area contributed by atoms with Gasteiger partial charge in [-0.2, -0.15) is 0 Å². The highest BCUT2D eigenvalue weighted by atomic mass is 79.9. The molecular formula is C34H40Br2O2. The summed E-state index contributed by atoms with van der Waals surface area (Å²) in [5.41, 5.74) is 5.07. The average Bonchev–Trinajstić information content (AvgIpc) is 2.79. The number of halogens is 2. The standard InChI is InChI=1S/C34H40Br2O2/c1-29-9-21-11-31(15-29,23-3-5-27(37)25(35)7-23)19-33(13-21,17-29)34-14-22-10-30(2,18-34)16-32(12-22,20-34)24-4-6-28(38)26(36)8-24/h3-8,21-22,37-38H,9-20H2,1-2H3. The number of rotatable bonds is 3. The molecule has 4 heteroatoms. The lowest BCUT2D eigenvalue weighted by Gasteiger charge is -2.77. The molecule has 0 aliphatic heterocycles. The van der Waals surface area contributed by atoms with Gasteiger partial charge in [0.25, 0.3) is 0 Å². The zero-order valence-corrected chi connectivity index (χ0v) is 25.9. The van der Waals surface area contributed by atoms with Gasteiger partial charge in [0.2, 0.25) is 0 Å². The van der Waals surface area contributed by atoms with Crippen LogP contribution in [0.1, 0.15) is 102 Å². The second-order valence-electron chi connectivity index (χ2n) is 16.1. The Labute approximate surface area is 244 Å². The summed E-state index contributed by atoms with van der Waals surface area (Å²) in [5, 5.41) is 20.6. The van der Waals surface area contributed by atoms with Crippen LogP contribution in [0.3, 0.4) is 0 Å². The molecule has 2 aromatic carbocycles. The van der Waals surface area contributed by atoms with Crippen LogP contribution in [0.5, 0.6) is 11.5 Å². The highest BCUT2D eigenvalue weighted by Gasteiger charge is 2.73. The summed E-state index contributed by atoms with van der Waals surface area (Å²) in [6.07, 6.45) is 16.4. The molecule has 0 aromatic heterocycles. The summed E-state index contributed by atoms with van der Waals surface area (Å²) in [6.45, 7) is 5.26. The summed E-state index contributed by atoms with van der Waals surface area (Å²) in [7, 11) is 0. The Kier molecular flexibility index (Phi) is 4.85. The molecule has 10 rings (SSSR count). The predicted octanol–water partition coefficient (Wildman–Crippen LogP) is 9.78. The van der Waals surface area contributed by atoms with Crippen LogP contribution < -0.4 is 0 Å². The van der Waals surface area contributed by atoms with Crippen molar-refractivity contribution >= 4 is 31.9 Å². The van der Waals surface area contributed by atoms with Crippen molar-refractivity contribution < 1.29 is 10.2 Å². The predicted molar refractivity (Wildman–Crippen MR) is 158 cm³/mol. The van der Waals surface area contributed by atoms with E-state index in [0.717, 1.165) is 20.8 Å². The average molecular weight is 641 g/mol. The number of phenolic OH excluding ortho intramolecular Hbond substituents is 2. The zero-order chi connectivity index (χ0) is 26.3. The normalized spacial score (nSPS) is 48.1. The fourth-order valence-corrected chi connectivity index (χ4v) is 14.1. The van der Waals surface area contributed by atoms with E-state index in [9.17, 15) is 10.2 Å². The van der Waals surface area contributed by atoms with Gasteiger partial charge in [0.1, 0.15) is 11.5 Å². The van der Waals surface area contributed by atoms with Crippen LogP contribution in [0.25, 0.3) is 0 Å². The molecule has 8 saturated carbocycles. The van der Waals surface area contributed by atoms with E-state index in [-0.39, 0.29) is 10.8 Å². The molecule has 0 saturated heterocycles. The van der Waals surface area contributed by atoms with Gasteiger partial charge in [-0.05, 0) is 189 Å². The second-order valence-corrected chi connectivity index (χ2v) is 17.8. The van der Waals surface area contributed by atoms with Gasteiger partial charge in [0, 0.05) is 0 Å². The van der Waals surface area contributed by atoms with Crippen molar-refractivity contribution in [2.75, 3.05) is 0 Å². The first-order valence-electron chi connectivity index (χ1n) is 14.9. The van der Waals surface area contributed by atoms with Crippen LogP contribution in [0.4, 0.5) is 0 Å². The Morgan fingerprint density at radius 1 is 0.579 bits per heavy atom. The summed E-state index contributed by atoms with van der Waals surface area (Å²) in [4.78, 5) is 0. The van der Waals surface area contributed by atoms with E-state index in [1.807, 2.05) is 12.1 Å². The van der Waals surface area contributed by atoms with Crippen molar-refractivity contribution in [1.29, 1.82) is 0 Å². The third-order valence-corrected chi connectivity index (χ3v) is 14.2. The molecule has 0 spiro atoms. The number of aromatic hydroxyl groups is 2. The van der Waals surface area contributed by atoms with Crippen LogP contribution in [0.15, 0.2) is 45.3 Å². The van der Waals surface area contributed by atoms with E-state index in [4.69, 9.17) is 0 Å².